The molecule has 0 aliphatic carbocycles. The van der Waals surface area contributed by atoms with E-state index in [9.17, 15) is 0 Å². The Hall–Kier alpha value is -3.15. The summed E-state index contributed by atoms with van der Waals surface area (Å²) in [6, 6.07) is 6.21. The first-order valence-corrected chi connectivity index (χ1v) is 9.38. The van der Waals surface area contributed by atoms with Crippen LogP contribution in [-0.2, 0) is 6.54 Å². The molecule has 0 atom stereocenters. The molecule has 3 aromatic heterocycles. The normalized spacial score (nSPS) is 16.3. The molecule has 0 amide bonds. The maximum absolute atomic E-state index is 4.79. The zero-order valence-corrected chi connectivity index (χ0v) is 15.5. The molecular formula is C21H22N6. The van der Waals surface area contributed by atoms with E-state index in [0.29, 0.717) is 0 Å². The summed E-state index contributed by atoms with van der Waals surface area (Å²) in [7, 11) is 0. The van der Waals surface area contributed by atoms with E-state index < -0.39 is 0 Å². The van der Waals surface area contributed by atoms with E-state index in [2.05, 4.69) is 51.6 Å². The number of hydrogen-bond donors (Lipinski definition) is 0. The second kappa shape index (κ2) is 6.23. The molecule has 5 rings (SSSR count). The minimum absolute atomic E-state index is 0.727. The average Bonchev–Trinajstić information content (AvgIpc) is 3.41. The van der Waals surface area contributed by atoms with E-state index in [4.69, 9.17) is 5.10 Å². The smallest absolute Gasteiger partial charge is 0.128 e. The summed E-state index contributed by atoms with van der Waals surface area (Å²) in [6.45, 7) is 9.30. The van der Waals surface area contributed by atoms with Gasteiger partial charge in [0.05, 0.1) is 24.1 Å². The summed E-state index contributed by atoms with van der Waals surface area (Å²) in [5.41, 5.74) is 6.36. The quantitative estimate of drug-likeness (QED) is 0.716. The Morgan fingerprint density at radius 1 is 1.07 bits per heavy atom. The summed E-state index contributed by atoms with van der Waals surface area (Å²) in [5, 5.41) is 4.79. The third kappa shape index (κ3) is 2.68. The Balaban J connectivity index is 1.40. The van der Waals surface area contributed by atoms with E-state index in [1.807, 2.05) is 29.3 Å². The molecule has 1 saturated heterocycles. The van der Waals surface area contributed by atoms with Crippen molar-refractivity contribution in [3.8, 4) is 5.69 Å². The van der Waals surface area contributed by atoms with Crippen molar-refractivity contribution < 1.29 is 0 Å². The molecule has 0 saturated carbocycles. The zero-order chi connectivity index (χ0) is 18.4. The van der Waals surface area contributed by atoms with Crippen LogP contribution in [0.3, 0.4) is 0 Å². The van der Waals surface area contributed by atoms with Gasteiger partial charge in [0.25, 0.3) is 0 Å². The van der Waals surface area contributed by atoms with E-state index in [-0.39, 0.29) is 0 Å². The van der Waals surface area contributed by atoms with Gasteiger partial charge >= 0.3 is 0 Å². The van der Waals surface area contributed by atoms with Crippen LogP contribution in [0.5, 0.6) is 0 Å². The molecule has 27 heavy (non-hydrogen) atoms. The van der Waals surface area contributed by atoms with Crippen molar-refractivity contribution in [1.82, 2.24) is 19.7 Å². The van der Waals surface area contributed by atoms with Crippen LogP contribution in [0.15, 0.2) is 49.6 Å². The number of fused-ring (bicyclic) bond motifs is 1. The minimum atomic E-state index is 0.727. The first-order chi connectivity index (χ1) is 13.2. The summed E-state index contributed by atoms with van der Waals surface area (Å²) >= 11 is 0. The molecule has 2 aliphatic heterocycles. The van der Waals surface area contributed by atoms with Gasteiger partial charge in [-0.2, -0.15) is 5.10 Å². The molecule has 0 radical (unpaired) electrons. The van der Waals surface area contributed by atoms with E-state index in [1.165, 1.54) is 12.8 Å². The van der Waals surface area contributed by atoms with Crippen LogP contribution in [-0.4, -0.2) is 32.8 Å². The highest BCUT2D eigenvalue weighted by Gasteiger charge is 2.28. The molecule has 3 aromatic rings. The lowest BCUT2D eigenvalue weighted by Crippen LogP contribution is -2.18. The van der Waals surface area contributed by atoms with Gasteiger partial charge in [0, 0.05) is 48.6 Å². The Morgan fingerprint density at radius 3 is 2.63 bits per heavy atom. The van der Waals surface area contributed by atoms with E-state index in [0.717, 1.165) is 59.3 Å². The van der Waals surface area contributed by atoms with Gasteiger partial charge in [0.2, 0.25) is 0 Å². The first kappa shape index (κ1) is 16.1. The minimum Gasteiger partial charge on any atom is -0.357 e. The van der Waals surface area contributed by atoms with E-state index in [1.54, 1.807) is 0 Å². The molecule has 0 aromatic carbocycles. The summed E-state index contributed by atoms with van der Waals surface area (Å²) in [6.07, 6.45) is 10.2. The van der Waals surface area contributed by atoms with Crippen LogP contribution >= 0.6 is 0 Å². The number of anilines is 2. The molecule has 0 unspecified atom stereocenters. The van der Waals surface area contributed by atoms with Gasteiger partial charge in [-0.3, -0.25) is 4.98 Å². The molecule has 1 fully saturated rings. The monoisotopic (exact) mass is 358 g/mol. The summed E-state index contributed by atoms with van der Waals surface area (Å²) in [5.74, 6) is 1.06. The summed E-state index contributed by atoms with van der Waals surface area (Å²) < 4.78 is 1.91. The second-order valence-corrected chi connectivity index (χ2v) is 7.20. The highest BCUT2D eigenvalue weighted by atomic mass is 15.3. The van der Waals surface area contributed by atoms with Crippen LogP contribution in [0.2, 0.25) is 0 Å². The van der Waals surface area contributed by atoms with Crippen molar-refractivity contribution >= 4 is 17.2 Å². The van der Waals surface area contributed by atoms with Gasteiger partial charge in [0.1, 0.15) is 5.82 Å². The van der Waals surface area contributed by atoms with Gasteiger partial charge in [-0.1, -0.05) is 6.58 Å². The maximum Gasteiger partial charge on any atom is 0.128 e. The fourth-order valence-corrected chi connectivity index (χ4v) is 3.94. The second-order valence-electron chi connectivity index (χ2n) is 7.20. The topological polar surface area (TPSA) is 50.1 Å². The lowest BCUT2D eigenvalue weighted by atomic mass is 10.2. The highest BCUT2D eigenvalue weighted by Crippen LogP contribution is 2.36. The van der Waals surface area contributed by atoms with Crippen molar-refractivity contribution in [3.05, 3.63) is 66.4 Å². The molecule has 5 heterocycles. The lowest BCUT2D eigenvalue weighted by Gasteiger charge is -2.21. The van der Waals surface area contributed by atoms with Crippen LogP contribution in [0.25, 0.3) is 11.4 Å². The zero-order valence-electron chi connectivity index (χ0n) is 15.5. The molecule has 0 spiro atoms. The Morgan fingerprint density at radius 2 is 1.93 bits per heavy atom. The molecule has 2 aliphatic rings. The molecular weight excluding hydrogens is 336 g/mol. The number of pyridine rings is 2. The van der Waals surface area contributed by atoms with Gasteiger partial charge in [-0.15, -0.1) is 0 Å². The van der Waals surface area contributed by atoms with Crippen molar-refractivity contribution in [2.45, 2.75) is 26.3 Å². The fraction of sp³-hybridized carbons (Fsp3) is 0.286. The van der Waals surface area contributed by atoms with Crippen LogP contribution < -0.4 is 9.80 Å². The largest absolute Gasteiger partial charge is 0.357 e. The first-order valence-electron chi connectivity index (χ1n) is 9.38. The predicted molar refractivity (Wildman–Crippen MR) is 107 cm³/mol. The lowest BCUT2D eigenvalue weighted by molar-refractivity contribution is 0.822. The standard InChI is InChI=1S/C21H22N6/c1-15-11-22-8-7-20(15)26-14-19-18(16(26)2)13-27(24-19)17-5-6-21(23-12-17)25-9-3-4-10-25/h5-8,11-13H,2-4,9-10,14H2,1H3. The third-order valence-corrected chi connectivity index (χ3v) is 5.44. The SMILES string of the molecule is C=C1c2cn(-c3ccc(N4CCCC4)nc3)nc2CN1c1ccncc1C. The highest BCUT2D eigenvalue weighted by molar-refractivity contribution is 5.83. The van der Waals surface area contributed by atoms with Gasteiger partial charge in [-0.25, -0.2) is 9.67 Å². The van der Waals surface area contributed by atoms with Gasteiger partial charge in [-0.05, 0) is 43.5 Å². The molecule has 6 heteroatoms. The summed E-state index contributed by atoms with van der Waals surface area (Å²) in [4.78, 5) is 13.4. The Bertz CT molecular complexity index is 998. The third-order valence-electron chi connectivity index (χ3n) is 5.44. The fourth-order valence-electron chi connectivity index (χ4n) is 3.94. The number of aromatic nitrogens is 4. The average molecular weight is 358 g/mol. The van der Waals surface area contributed by atoms with Crippen molar-refractivity contribution in [3.63, 3.8) is 0 Å². The van der Waals surface area contributed by atoms with Crippen molar-refractivity contribution in [2.75, 3.05) is 22.9 Å². The maximum atomic E-state index is 4.79. The predicted octanol–water partition coefficient (Wildman–Crippen LogP) is 3.56. The van der Waals surface area contributed by atoms with Gasteiger partial charge in [0.15, 0.2) is 0 Å². The van der Waals surface area contributed by atoms with Crippen molar-refractivity contribution in [2.24, 2.45) is 0 Å². The van der Waals surface area contributed by atoms with E-state index >= 15 is 0 Å². The number of aryl methyl sites for hydroxylation is 1. The molecule has 0 bridgehead atoms. The number of nitrogens with zero attached hydrogens (tertiary/aromatic N) is 6. The number of rotatable bonds is 3. The Kier molecular flexibility index (Phi) is 3.70. The van der Waals surface area contributed by atoms with Crippen LogP contribution in [0, 0.1) is 6.92 Å². The van der Waals surface area contributed by atoms with Crippen molar-refractivity contribution in [1.29, 1.82) is 0 Å². The molecule has 6 nitrogen and oxygen atoms in total. The van der Waals surface area contributed by atoms with Crippen LogP contribution in [0.1, 0.15) is 29.7 Å². The molecule has 0 N–H and O–H groups in total. The molecule has 136 valence electrons. The Labute approximate surface area is 158 Å². The number of hydrogen-bond acceptors (Lipinski definition) is 5. The van der Waals surface area contributed by atoms with Crippen LogP contribution in [0.4, 0.5) is 11.5 Å². The van der Waals surface area contributed by atoms with Gasteiger partial charge < -0.3 is 9.80 Å².